The van der Waals surface area contributed by atoms with Gasteiger partial charge in [-0.25, -0.2) is 4.79 Å². The van der Waals surface area contributed by atoms with Gasteiger partial charge in [-0.15, -0.1) is 0 Å². The molecule has 0 radical (unpaired) electrons. The summed E-state index contributed by atoms with van der Waals surface area (Å²) in [6.07, 6.45) is 0. The van der Waals surface area contributed by atoms with E-state index in [1.165, 1.54) is 14.2 Å². The normalized spacial score (nSPS) is 11.8. The minimum Gasteiger partial charge on any atom is -0.464 e. The van der Waals surface area contributed by atoms with Crippen LogP contribution in [-0.4, -0.2) is 31.6 Å². The topological polar surface area (TPSA) is 69.5 Å². The van der Waals surface area contributed by atoms with Crippen LogP contribution >= 0.6 is 0 Å². The quantitative estimate of drug-likeness (QED) is 0.282. The first-order valence-electron chi connectivity index (χ1n) is 10.2. The zero-order valence-electron chi connectivity index (χ0n) is 18.7. The van der Waals surface area contributed by atoms with Crippen molar-refractivity contribution >= 4 is 17.4 Å². The fourth-order valence-electron chi connectivity index (χ4n) is 3.28. The van der Waals surface area contributed by atoms with Gasteiger partial charge in [-0.05, 0) is 36.1 Å². The molecule has 0 amide bonds. The molecule has 0 heterocycles. The first-order valence-corrected chi connectivity index (χ1v) is 10.2. The Morgan fingerprint density at radius 2 is 1.53 bits per heavy atom. The second kappa shape index (κ2) is 10.9. The molecule has 0 bridgehead atoms. The third-order valence-corrected chi connectivity index (χ3v) is 5.05. The van der Waals surface area contributed by atoms with Crippen molar-refractivity contribution in [2.45, 2.75) is 20.5 Å². The molecule has 0 unspecified atom stereocenters. The number of nitrogens with zero attached hydrogens (tertiary/aromatic N) is 2. The summed E-state index contributed by atoms with van der Waals surface area (Å²) in [5.41, 5.74) is 6.40. The first-order chi connectivity index (χ1) is 15.5. The Morgan fingerprint density at radius 1 is 0.844 bits per heavy atom. The number of esters is 1. The largest absolute Gasteiger partial charge is 0.464 e. The lowest BCUT2D eigenvalue weighted by Crippen LogP contribution is -2.20. The molecule has 0 aromatic heterocycles. The summed E-state index contributed by atoms with van der Waals surface area (Å²) < 4.78 is 4.84. The summed E-state index contributed by atoms with van der Waals surface area (Å²) in [6.45, 7) is 3.99. The van der Waals surface area contributed by atoms with Gasteiger partial charge in [-0.1, -0.05) is 83.1 Å². The highest BCUT2D eigenvalue weighted by Gasteiger charge is 2.20. The van der Waals surface area contributed by atoms with E-state index >= 15 is 0 Å². The molecule has 0 atom stereocenters. The van der Waals surface area contributed by atoms with Crippen LogP contribution < -0.4 is 0 Å². The zero-order chi connectivity index (χ0) is 22.9. The second-order valence-electron chi connectivity index (χ2n) is 7.11. The molecule has 0 aliphatic rings. The van der Waals surface area contributed by atoms with Gasteiger partial charge in [0.1, 0.15) is 13.7 Å². The van der Waals surface area contributed by atoms with Crippen LogP contribution in [0.5, 0.6) is 0 Å². The van der Waals surface area contributed by atoms with Crippen LogP contribution in [0.15, 0.2) is 83.1 Å². The van der Waals surface area contributed by atoms with Crippen LogP contribution in [0.4, 0.5) is 0 Å². The van der Waals surface area contributed by atoms with E-state index in [-0.39, 0.29) is 12.3 Å². The number of hydrogen-bond acceptors (Lipinski definition) is 6. The Kier molecular flexibility index (Phi) is 7.75. The summed E-state index contributed by atoms with van der Waals surface area (Å²) in [4.78, 5) is 22.7. The Hall–Kier alpha value is -3.93. The minimum absolute atomic E-state index is 0.0782. The van der Waals surface area contributed by atoms with Crippen LogP contribution in [0.1, 0.15) is 29.2 Å². The Labute approximate surface area is 188 Å². The molecule has 0 saturated heterocycles. The van der Waals surface area contributed by atoms with E-state index in [4.69, 9.17) is 14.4 Å². The molecule has 0 aliphatic heterocycles. The Morgan fingerprint density at radius 3 is 2.19 bits per heavy atom. The number of hydrogen-bond donors (Lipinski definition) is 0. The highest BCUT2D eigenvalue weighted by atomic mass is 16.6. The lowest BCUT2D eigenvalue weighted by Gasteiger charge is -2.12. The predicted molar refractivity (Wildman–Crippen MR) is 126 cm³/mol. The number of methoxy groups -OCH3 is 1. The standard InChI is InChI=1S/C26H26N2O4/c1-18-9-8-12-23(25(28-31-4)26(29)30-3)24(18)17-32-27-19(2)20-13-15-22(16-14-20)21-10-6-5-7-11-21/h5-16H,17H2,1-4H3/b27-19+,28-25+. The maximum atomic E-state index is 12.2. The molecule has 164 valence electrons. The van der Waals surface area contributed by atoms with Gasteiger partial charge in [0.15, 0.2) is 5.71 Å². The molecule has 0 aliphatic carbocycles. The first kappa shape index (κ1) is 22.7. The fourth-order valence-corrected chi connectivity index (χ4v) is 3.28. The van der Waals surface area contributed by atoms with E-state index in [0.29, 0.717) is 5.56 Å². The number of benzene rings is 3. The molecular weight excluding hydrogens is 404 g/mol. The molecule has 0 N–H and O–H groups in total. The molecular formula is C26H26N2O4. The van der Waals surface area contributed by atoms with Crippen molar-refractivity contribution in [1.29, 1.82) is 0 Å². The van der Waals surface area contributed by atoms with Gasteiger partial charge < -0.3 is 14.4 Å². The average molecular weight is 431 g/mol. The number of aryl methyl sites for hydroxylation is 1. The van der Waals surface area contributed by atoms with Crippen molar-refractivity contribution in [1.82, 2.24) is 0 Å². The number of ether oxygens (including phenoxy) is 1. The lowest BCUT2D eigenvalue weighted by molar-refractivity contribution is -0.132. The Bertz CT molecular complexity index is 1120. The number of carbonyl (C=O) groups excluding carboxylic acids is 1. The van der Waals surface area contributed by atoms with Crippen molar-refractivity contribution in [2.75, 3.05) is 14.2 Å². The maximum absolute atomic E-state index is 12.2. The van der Waals surface area contributed by atoms with E-state index in [0.717, 1.165) is 33.5 Å². The maximum Gasteiger partial charge on any atom is 0.360 e. The van der Waals surface area contributed by atoms with Crippen LogP contribution in [0.2, 0.25) is 0 Å². The summed E-state index contributed by atoms with van der Waals surface area (Å²) in [5, 5.41) is 8.12. The van der Waals surface area contributed by atoms with Crippen molar-refractivity contribution in [2.24, 2.45) is 10.3 Å². The van der Waals surface area contributed by atoms with Gasteiger partial charge in [-0.2, -0.15) is 0 Å². The fraction of sp³-hybridized carbons (Fsp3) is 0.192. The lowest BCUT2D eigenvalue weighted by atomic mass is 9.99. The van der Waals surface area contributed by atoms with Gasteiger partial charge in [0.25, 0.3) is 0 Å². The molecule has 0 fully saturated rings. The monoisotopic (exact) mass is 430 g/mol. The highest BCUT2D eigenvalue weighted by Crippen LogP contribution is 2.20. The number of oxime groups is 2. The van der Waals surface area contributed by atoms with E-state index in [1.54, 1.807) is 6.07 Å². The highest BCUT2D eigenvalue weighted by molar-refractivity contribution is 6.43. The molecule has 32 heavy (non-hydrogen) atoms. The van der Waals surface area contributed by atoms with Gasteiger partial charge in [0.2, 0.25) is 0 Å². The van der Waals surface area contributed by atoms with Crippen molar-refractivity contribution in [3.63, 3.8) is 0 Å². The van der Waals surface area contributed by atoms with E-state index < -0.39 is 5.97 Å². The number of rotatable bonds is 8. The summed E-state index contributed by atoms with van der Waals surface area (Å²) in [6, 6.07) is 23.9. The van der Waals surface area contributed by atoms with Crippen molar-refractivity contribution in [3.8, 4) is 11.1 Å². The Balaban J connectivity index is 1.77. The summed E-state index contributed by atoms with van der Waals surface area (Å²) in [5.74, 6) is -0.586. The van der Waals surface area contributed by atoms with E-state index in [1.807, 2.05) is 56.3 Å². The summed E-state index contributed by atoms with van der Waals surface area (Å²) >= 11 is 0. The molecule has 3 aromatic rings. The number of carbonyl (C=O) groups is 1. The smallest absolute Gasteiger partial charge is 0.360 e. The predicted octanol–water partition coefficient (Wildman–Crippen LogP) is 5.13. The third kappa shape index (κ3) is 5.40. The van der Waals surface area contributed by atoms with E-state index in [2.05, 4.69) is 34.6 Å². The SMILES string of the molecule is CO/N=C(/C(=O)OC)c1cccc(C)c1CO/N=C(\C)c1ccc(-c2ccccc2)cc1. The molecule has 0 saturated carbocycles. The zero-order valence-corrected chi connectivity index (χ0v) is 18.7. The minimum atomic E-state index is -0.586. The van der Waals surface area contributed by atoms with Crippen LogP contribution in [-0.2, 0) is 25.8 Å². The van der Waals surface area contributed by atoms with Crippen LogP contribution in [0, 0.1) is 6.92 Å². The van der Waals surface area contributed by atoms with Gasteiger partial charge in [-0.3, -0.25) is 0 Å². The second-order valence-corrected chi connectivity index (χ2v) is 7.11. The molecule has 3 rings (SSSR count). The van der Waals surface area contributed by atoms with Gasteiger partial charge in [0.05, 0.1) is 12.8 Å². The van der Waals surface area contributed by atoms with Gasteiger partial charge >= 0.3 is 5.97 Å². The molecule has 6 heteroatoms. The molecule has 0 spiro atoms. The van der Waals surface area contributed by atoms with Crippen molar-refractivity contribution < 1.29 is 19.2 Å². The van der Waals surface area contributed by atoms with E-state index in [9.17, 15) is 4.79 Å². The molecule has 3 aromatic carbocycles. The third-order valence-electron chi connectivity index (χ3n) is 5.05. The van der Waals surface area contributed by atoms with Gasteiger partial charge in [0, 0.05) is 11.1 Å². The van der Waals surface area contributed by atoms with Crippen LogP contribution in [0.3, 0.4) is 0 Å². The van der Waals surface area contributed by atoms with Crippen LogP contribution in [0.25, 0.3) is 11.1 Å². The van der Waals surface area contributed by atoms with Crippen molar-refractivity contribution in [3.05, 3.63) is 95.1 Å². The summed E-state index contributed by atoms with van der Waals surface area (Å²) in [7, 11) is 2.68. The average Bonchev–Trinajstić information content (AvgIpc) is 2.83. The molecule has 6 nitrogen and oxygen atoms in total.